The highest BCUT2D eigenvalue weighted by Crippen LogP contribution is 2.65. The molecule has 2 aliphatic carbocycles. The Kier molecular flexibility index (Phi) is 3.47. The molecule has 1 spiro atoms. The second-order valence-corrected chi connectivity index (χ2v) is 8.10. The van der Waals surface area contributed by atoms with E-state index in [4.69, 9.17) is 9.57 Å². The van der Waals surface area contributed by atoms with Crippen molar-refractivity contribution < 1.29 is 19.8 Å². The van der Waals surface area contributed by atoms with Gasteiger partial charge in [0.15, 0.2) is 11.5 Å². The Morgan fingerprint density at radius 1 is 1.46 bits per heavy atom. The summed E-state index contributed by atoms with van der Waals surface area (Å²) in [5, 5.41) is 22.5. The summed E-state index contributed by atoms with van der Waals surface area (Å²) in [5.41, 5.74) is 3.90. The van der Waals surface area contributed by atoms with Crippen molar-refractivity contribution in [2.24, 2.45) is 0 Å². The van der Waals surface area contributed by atoms with Gasteiger partial charge in [0.1, 0.15) is 6.10 Å². The van der Waals surface area contributed by atoms with Crippen LogP contribution in [-0.2, 0) is 16.7 Å². The van der Waals surface area contributed by atoms with Crippen molar-refractivity contribution in [2.45, 2.75) is 54.9 Å². The van der Waals surface area contributed by atoms with E-state index in [9.17, 15) is 10.2 Å². The minimum absolute atomic E-state index is 0.0235. The maximum Gasteiger partial charge on any atom is 0.165 e. The lowest BCUT2D eigenvalue weighted by molar-refractivity contribution is -0.197. The average Bonchev–Trinajstić information content (AvgIpc) is 2.97. The molecule has 2 aliphatic heterocycles. The SMILES string of the molecule is C=CCN1CC[C@]23c4c5ccc(O)c4O[C@H]2[C@@H](NOC)CC[C@@]3(O)[C@H]1C5. The number of phenols is 1. The number of nitrogens with zero attached hydrogens (tertiary/aromatic N) is 1. The van der Waals surface area contributed by atoms with Crippen LogP contribution in [0.4, 0.5) is 0 Å². The Morgan fingerprint density at radius 2 is 2.31 bits per heavy atom. The number of rotatable bonds is 4. The van der Waals surface area contributed by atoms with Gasteiger partial charge in [0.25, 0.3) is 0 Å². The first kappa shape index (κ1) is 16.6. The van der Waals surface area contributed by atoms with Crippen LogP contribution in [0.15, 0.2) is 24.8 Å². The molecule has 4 aliphatic rings. The molecule has 5 atom stereocenters. The van der Waals surface area contributed by atoms with Crippen molar-refractivity contribution in [3.63, 3.8) is 0 Å². The van der Waals surface area contributed by atoms with Crippen LogP contribution in [0.1, 0.15) is 30.4 Å². The lowest BCUT2D eigenvalue weighted by atomic mass is 9.48. The van der Waals surface area contributed by atoms with Gasteiger partial charge in [-0.15, -0.1) is 6.58 Å². The molecule has 2 fully saturated rings. The van der Waals surface area contributed by atoms with Crippen LogP contribution in [0.2, 0.25) is 0 Å². The first-order valence-corrected chi connectivity index (χ1v) is 9.44. The van der Waals surface area contributed by atoms with E-state index in [1.807, 2.05) is 12.1 Å². The largest absolute Gasteiger partial charge is 0.504 e. The zero-order chi connectivity index (χ0) is 18.1. The molecule has 3 N–H and O–H groups in total. The molecular formula is C20H26N2O4. The highest BCUT2D eigenvalue weighted by molar-refractivity contribution is 5.62. The summed E-state index contributed by atoms with van der Waals surface area (Å²) in [6, 6.07) is 3.73. The smallest absolute Gasteiger partial charge is 0.165 e. The number of aliphatic hydroxyl groups is 1. The van der Waals surface area contributed by atoms with Crippen LogP contribution >= 0.6 is 0 Å². The molecule has 0 radical (unpaired) electrons. The fourth-order valence-corrected chi connectivity index (χ4v) is 6.29. The number of nitrogens with one attached hydrogen (secondary N) is 1. The first-order valence-electron chi connectivity index (χ1n) is 9.44. The van der Waals surface area contributed by atoms with Gasteiger partial charge < -0.3 is 19.8 Å². The van der Waals surface area contributed by atoms with Crippen LogP contribution in [0.3, 0.4) is 0 Å². The van der Waals surface area contributed by atoms with E-state index in [1.165, 1.54) is 5.56 Å². The van der Waals surface area contributed by atoms with Crippen molar-refractivity contribution in [2.75, 3.05) is 20.2 Å². The molecular weight excluding hydrogens is 332 g/mol. The third-order valence-corrected chi connectivity index (χ3v) is 7.21. The Balaban J connectivity index is 1.73. The van der Waals surface area contributed by atoms with Gasteiger partial charge in [0.05, 0.1) is 24.2 Å². The monoisotopic (exact) mass is 358 g/mol. The molecule has 2 heterocycles. The molecule has 1 aromatic rings. The standard InChI is InChI=1S/C20H26N2O4/c1-3-9-22-10-8-19-16-12-4-5-14(23)17(16)26-18(19)13(21-25-2)6-7-20(19,24)15(22)11-12/h3-5,13,15,18,21,23-24H,1,6-11H2,2H3/t13-,15+,18-,19-,20+/m0/s1. The fourth-order valence-electron chi connectivity index (χ4n) is 6.29. The minimum Gasteiger partial charge on any atom is -0.504 e. The van der Waals surface area contributed by atoms with Crippen molar-refractivity contribution in [3.05, 3.63) is 35.9 Å². The van der Waals surface area contributed by atoms with Gasteiger partial charge >= 0.3 is 0 Å². The molecule has 6 heteroatoms. The van der Waals surface area contributed by atoms with Gasteiger partial charge in [-0.1, -0.05) is 12.1 Å². The molecule has 6 nitrogen and oxygen atoms in total. The summed E-state index contributed by atoms with van der Waals surface area (Å²) < 4.78 is 6.34. The van der Waals surface area contributed by atoms with Gasteiger partial charge in [-0.25, -0.2) is 0 Å². The van der Waals surface area contributed by atoms with E-state index < -0.39 is 11.0 Å². The Bertz CT molecular complexity index is 768. The van der Waals surface area contributed by atoms with Crippen LogP contribution in [0.25, 0.3) is 0 Å². The van der Waals surface area contributed by atoms with Gasteiger partial charge in [-0.2, -0.15) is 5.48 Å². The summed E-state index contributed by atoms with van der Waals surface area (Å²) in [7, 11) is 1.61. The Labute approximate surface area is 153 Å². The second kappa shape index (κ2) is 5.45. The number of aromatic hydroxyl groups is 1. The highest BCUT2D eigenvalue weighted by Gasteiger charge is 2.72. The number of ether oxygens (including phenoxy) is 1. The minimum atomic E-state index is -0.878. The predicted octanol–water partition coefficient (Wildman–Crippen LogP) is 1.25. The summed E-state index contributed by atoms with van der Waals surface area (Å²) in [6.45, 7) is 5.55. The lowest BCUT2D eigenvalue weighted by Crippen LogP contribution is -2.78. The number of likely N-dealkylation sites (tertiary alicyclic amines) is 1. The van der Waals surface area contributed by atoms with E-state index >= 15 is 0 Å². The second-order valence-electron chi connectivity index (χ2n) is 8.10. The van der Waals surface area contributed by atoms with Gasteiger partial charge in [0.2, 0.25) is 0 Å². The molecule has 1 aromatic carbocycles. The van der Waals surface area contributed by atoms with Crippen LogP contribution in [0.5, 0.6) is 11.5 Å². The predicted molar refractivity (Wildman–Crippen MR) is 96.2 cm³/mol. The summed E-state index contributed by atoms with van der Waals surface area (Å²) in [5.74, 6) is 0.726. The quantitative estimate of drug-likeness (QED) is 0.556. The number of hydrogen-bond donors (Lipinski definition) is 3. The summed E-state index contributed by atoms with van der Waals surface area (Å²) in [6.07, 6.45) is 4.67. The highest BCUT2D eigenvalue weighted by atomic mass is 16.6. The van der Waals surface area contributed by atoms with Gasteiger partial charge in [-0.3, -0.25) is 4.90 Å². The summed E-state index contributed by atoms with van der Waals surface area (Å²) in [4.78, 5) is 7.59. The normalized spacial score (nSPS) is 40.0. The summed E-state index contributed by atoms with van der Waals surface area (Å²) >= 11 is 0. The molecule has 26 heavy (non-hydrogen) atoms. The van der Waals surface area contributed by atoms with Crippen molar-refractivity contribution >= 4 is 0 Å². The van der Waals surface area contributed by atoms with Crippen molar-refractivity contribution in [1.82, 2.24) is 10.4 Å². The lowest BCUT2D eigenvalue weighted by Gasteiger charge is -2.64. The van der Waals surface area contributed by atoms with E-state index in [1.54, 1.807) is 13.2 Å². The molecule has 0 aromatic heterocycles. The molecule has 0 unspecified atom stereocenters. The number of piperidine rings is 1. The maximum atomic E-state index is 12.1. The molecule has 5 rings (SSSR count). The van der Waals surface area contributed by atoms with Crippen molar-refractivity contribution in [1.29, 1.82) is 0 Å². The number of hydrogen-bond acceptors (Lipinski definition) is 6. The fraction of sp³-hybridized carbons (Fsp3) is 0.600. The number of hydroxylamine groups is 1. The van der Waals surface area contributed by atoms with Crippen LogP contribution < -0.4 is 10.2 Å². The molecule has 1 saturated carbocycles. The van der Waals surface area contributed by atoms with Crippen LogP contribution in [0, 0.1) is 0 Å². The van der Waals surface area contributed by atoms with Gasteiger partial charge in [0, 0.05) is 18.2 Å². The molecule has 140 valence electrons. The Morgan fingerprint density at radius 3 is 3.08 bits per heavy atom. The number of phenolic OH excluding ortho intramolecular Hbond substituents is 1. The van der Waals surface area contributed by atoms with E-state index in [0.717, 1.165) is 37.9 Å². The van der Waals surface area contributed by atoms with Gasteiger partial charge in [-0.05, 0) is 43.9 Å². The Hall–Kier alpha value is -1.60. The molecule has 1 saturated heterocycles. The third kappa shape index (κ3) is 1.76. The van der Waals surface area contributed by atoms with E-state index in [-0.39, 0.29) is 23.9 Å². The molecule has 0 amide bonds. The molecule has 2 bridgehead atoms. The first-order chi connectivity index (χ1) is 12.6. The number of benzene rings is 1. The zero-order valence-electron chi connectivity index (χ0n) is 15.1. The third-order valence-electron chi connectivity index (χ3n) is 7.21. The van der Waals surface area contributed by atoms with E-state index in [2.05, 4.69) is 17.0 Å². The topological polar surface area (TPSA) is 74.2 Å². The maximum absolute atomic E-state index is 12.1. The van der Waals surface area contributed by atoms with Crippen molar-refractivity contribution in [3.8, 4) is 11.5 Å². The average molecular weight is 358 g/mol. The zero-order valence-corrected chi connectivity index (χ0v) is 15.1. The van der Waals surface area contributed by atoms with E-state index in [0.29, 0.717) is 12.2 Å². The van der Waals surface area contributed by atoms with Crippen LogP contribution in [-0.4, -0.2) is 59.1 Å².